The fourth-order valence-electron chi connectivity index (χ4n) is 2.43. The molecular weight excluding hydrogens is 254 g/mol. The lowest BCUT2D eigenvalue weighted by Crippen LogP contribution is -2.03. The average Bonchev–Trinajstić information content (AvgIpc) is 2.65. The number of carbonyl (C=O) groups is 1. The number of hydrogen-bond acceptors (Lipinski definition) is 2. The van der Waals surface area contributed by atoms with Crippen molar-refractivity contribution in [3.05, 3.63) is 47.3 Å². The lowest BCUT2D eigenvalue weighted by Gasteiger charge is -2.11. The smallest absolute Gasteiger partial charge is 0.307 e. The largest absolute Gasteiger partial charge is 0.494 e. The molecule has 2 rings (SSSR count). The summed E-state index contributed by atoms with van der Waals surface area (Å²) < 4.78 is 7.49. The highest BCUT2D eigenvalue weighted by Crippen LogP contribution is 2.23. The van der Waals surface area contributed by atoms with E-state index >= 15 is 0 Å². The second kappa shape index (κ2) is 5.82. The maximum atomic E-state index is 10.9. The highest BCUT2D eigenvalue weighted by Gasteiger charge is 2.13. The SMILES string of the molecule is CCOc1ccc(-n2c(C)cc(CC(=O)O)c2C)cc1. The quantitative estimate of drug-likeness (QED) is 0.910. The lowest BCUT2D eigenvalue weighted by molar-refractivity contribution is -0.136. The van der Waals surface area contributed by atoms with Crippen LogP contribution in [0.5, 0.6) is 5.75 Å². The Labute approximate surface area is 118 Å². The molecule has 0 fully saturated rings. The van der Waals surface area contributed by atoms with Crippen molar-refractivity contribution in [1.29, 1.82) is 0 Å². The molecule has 1 aromatic heterocycles. The van der Waals surface area contributed by atoms with E-state index in [4.69, 9.17) is 9.84 Å². The minimum absolute atomic E-state index is 0.0523. The van der Waals surface area contributed by atoms with Crippen LogP contribution in [-0.4, -0.2) is 22.2 Å². The molecule has 0 amide bonds. The summed E-state index contributed by atoms with van der Waals surface area (Å²) in [6.07, 6.45) is 0.0523. The number of aryl methyl sites for hydroxylation is 1. The monoisotopic (exact) mass is 273 g/mol. The summed E-state index contributed by atoms with van der Waals surface area (Å²) in [6.45, 7) is 6.52. The number of benzene rings is 1. The third-order valence-corrected chi connectivity index (χ3v) is 3.28. The third kappa shape index (κ3) is 2.85. The van der Waals surface area contributed by atoms with Gasteiger partial charge in [0.2, 0.25) is 0 Å². The topological polar surface area (TPSA) is 51.5 Å². The highest BCUT2D eigenvalue weighted by atomic mass is 16.5. The molecule has 1 heterocycles. The van der Waals surface area contributed by atoms with E-state index in [2.05, 4.69) is 4.57 Å². The molecule has 4 heteroatoms. The molecule has 1 aromatic carbocycles. The molecule has 0 unspecified atom stereocenters. The summed E-state index contributed by atoms with van der Waals surface area (Å²) in [5.41, 5.74) is 3.86. The first-order valence-corrected chi connectivity index (χ1v) is 6.65. The molecule has 0 aliphatic carbocycles. The first-order valence-electron chi connectivity index (χ1n) is 6.65. The zero-order chi connectivity index (χ0) is 14.7. The number of carboxylic acid groups (broad SMARTS) is 1. The highest BCUT2D eigenvalue weighted by molar-refractivity contribution is 5.71. The molecule has 0 saturated carbocycles. The van der Waals surface area contributed by atoms with Crippen molar-refractivity contribution in [3.8, 4) is 11.4 Å². The van der Waals surface area contributed by atoms with E-state index in [1.165, 1.54) is 0 Å². The van der Waals surface area contributed by atoms with Crippen LogP contribution < -0.4 is 4.74 Å². The van der Waals surface area contributed by atoms with Crippen LogP contribution in [0.25, 0.3) is 5.69 Å². The molecular formula is C16H19NO3. The van der Waals surface area contributed by atoms with E-state index in [1.54, 1.807) is 0 Å². The molecule has 0 radical (unpaired) electrons. The lowest BCUT2D eigenvalue weighted by atomic mass is 10.2. The minimum Gasteiger partial charge on any atom is -0.494 e. The molecule has 2 aromatic rings. The van der Waals surface area contributed by atoms with Gasteiger partial charge in [0, 0.05) is 17.1 Å². The maximum absolute atomic E-state index is 10.9. The van der Waals surface area contributed by atoms with Gasteiger partial charge in [-0.2, -0.15) is 0 Å². The maximum Gasteiger partial charge on any atom is 0.307 e. The van der Waals surface area contributed by atoms with E-state index in [9.17, 15) is 4.79 Å². The van der Waals surface area contributed by atoms with Crippen molar-refractivity contribution in [2.24, 2.45) is 0 Å². The second-order valence-electron chi connectivity index (χ2n) is 4.73. The number of aliphatic carboxylic acids is 1. The fourth-order valence-corrected chi connectivity index (χ4v) is 2.43. The molecule has 0 spiro atoms. The van der Waals surface area contributed by atoms with Gasteiger partial charge in [0.25, 0.3) is 0 Å². The Kier molecular flexibility index (Phi) is 4.13. The second-order valence-corrected chi connectivity index (χ2v) is 4.73. The van der Waals surface area contributed by atoms with Crippen LogP contribution in [0.3, 0.4) is 0 Å². The molecule has 0 aliphatic heterocycles. The summed E-state index contributed by atoms with van der Waals surface area (Å²) in [7, 11) is 0. The van der Waals surface area contributed by atoms with Crippen molar-refractivity contribution in [2.75, 3.05) is 6.61 Å². The molecule has 1 N–H and O–H groups in total. The number of aromatic nitrogens is 1. The van der Waals surface area contributed by atoms with E-state index in [1.807, 2.05) is 51.1 Å². The Morgan fingerprint density at radius 2 is 1.90 bits per heavy atom. The van der Waals surface area contributed by atoms with Crippen LogP contribution in [0.15, 0.2) is 30.3 Å². The standard InChI is InChI=1S/C16H19NO3/c1-4-20-15-7-5-14(6-8-15)17-11(2)9-13(12(17)3)10-16(18)19/h5-9H,4,10H2,1-3H3,(H,18,19). The van der Waals surface area contributed by atoms with E-state index in [0.29, 0.717) is 6.61 Å². The van der Waals surface area contributed by atoms with Gasteiger partial charge in [0.1, 0.15) is 5.75 Å². The Hall–Kier alpha value is -2.23. The van der Waals surface area contributed by atoms with Gasteiger partial charge in [0.15, 0.2) is 0 Å². The Balaban J connectivity index is 2.37. The predicted octanol–water partition coefficient (Wildman–Crippen LogP) is 3.12. The van der Waals surface area contributed by atoms with Crippen molar-refractivity contribution < 1.29 is 14.6 Å². The van der Waals surface area contributed by atoms with Gasteiger partial charge in [-0.3, -0.25) is 4.79 Å². The molecule has 0 bridgehead atoms. The fraction of sp³-hybridized carbons (Fsp3) is 0.312. The van der Waals surface area contributed by atoms with Gasteiger partial charge >= 0.3 is 5.97 Å². The Morgan fingerprint density at radius 1 is 1.25 bits per heavy atom. The van der Waals surface area contributed by atoms with E-state index < -0.39 is 5.97 Å². The van der Waals surface area contributed by atoms with Crippen LogP contribution in [0.4, 0.5) is 0 Å². The Bertz CT molecular complexity index is 611. The first-order chi connectivity index (χ1) is 9.52. The predicted molar refractivity (Wildman–Crippen MR) is 77.8 cm³/mol. The summed E-state index contributed by atoms with van der Waals surface area (Å²) >= 11 is 0. The number of hydrogen-bond donors (Lipinski definition) is 1. The molecule has 0 aliphatic rings. The first kappa shape index (κ1) is 14.2. The third-order valence-electron chi connectivity index (χ3n) is 3.28. The van der Waals surface area contributed by atoms with Gasteiger partial charge in [-0.25, -0.2) is 0 Å². The molecule has 0 atom stereocenters. The zero-order valence-electron chi connectivity index (χ0n) is 12.0. The van der Waals surface area contributed by atoms with Gasteiger partial charge in [0.05, 0.1) is 13.0 Å². The molecule has 20 heavy (non-hydrogen) atoms. The van der Waals surface area contributed by atoms with Gasteiger partial charge in [-0.05, 0) is 56.7 Å². The van der Waals surface area contributed by atoms with Crippen molar-refractivity contribution in [1.82, 2.24) is 4.57 Å². The minimum atomic E-state index is -0.808. The van der Waals surface area contributed by atoms with Crippen LogP contribution in [-0.2, 0) is 11.2 Å². The summed E-state index contributed by atoms with van der Waals surface area (Å²) in [6, 6.07) is 9.74. The number of carboxylic acids is 1. The summed E-state index contributed by atoms with van der Waals surface area (Å²) in [4.78, 5) is 10.9. The van der Waals surface area contributed by atoms with Crippen LogP contribution in [0, 0.1) is 13.8 Å². The molecule has 4 nitrogen and oxygen atoms in total. The van der Waals surface area contributed by atoms with Crippen LogP contribution in [0.1, 0.15) is 23.9 Å². The normalized spacial score (nSPS) is 10.6. The van der Waals surface area contributed by atoms with E-state index in [0.717, 1.165) is 28.4 Å². The van der Waals surface area contributed by atoms with E-state index in [-0.39, 0.29) is 6.42 Å². The number of rotatable bonds is 5. The molecule has 0 saturated heterocycles. The summed E-state index contributed by atoms with van der Waals surface area (Å²) in [5, 5.41) is 8.93. The van der Waals surface area contributed by atoms with Crippen molar-refractivity contribution in [3.63, 3.8) is 0 Å². The zero-order valence-corrected chi connectivity index (χ0v) is 12.0. The van der Waals surface area contributed by atoms with Crippen LogP contribution >= 0.6 is 0 Å². The molecule has 106 valence electrons. The average molecular weight is 273 g/mol. The Morgan fingerprint density at radius 3 is 2.45 bits per heavy atom. The van der Waals surface area contributed by atoms with Crippen LogP contribution in [0.2, 0.25) is 0 Å². The van der Waals surface area contributed by atoms with Crippen molar-refractivity contribution >= 4 is 5.97 Å². The van der Waals surface area contributed by atoms with Gasteiger partial charge in [-0.15, -0.1) is 0 Å². The van der Waals surface area contributed by atoms with Gasteiger partial charge in [-0.1, -0.05) is 0 Å². The number of nitrogens with zero attached hydrogens (tertiary/aromatic N) is 1. The van der Waals surface area contributed by atoms with Gasteiger partial charge < -0.3 is 14.4 Å². The summed E-state index contributed by atoms with van der Waals surface area (Å²) in [5.74, 6) is 0.0291. The van der Waals surface area contributed by atoms with Crippen molar-refractivity contribution in [2.45, 2.75) is 27.2 Å². The number of ether oxygens (including phenoxy) is 1.